The van der Waals surface area contributed by atoms with Crippen LogP contribution in [-0.4, -0.2) is 67.2 Å². The maximum atomic E-state index is 12.6. The number of hydrogen-bond acceptors (Lipinski definition) is 10. The Balaban J connectivity index is 1.34. The van der Waals surface area contributed by atoms with Crippen LogP contribution in [0.2, 0.25) is 0 Å². The lowest BCUT2D eigenvalue weighted by Gasteiger charge is -2.24. The molecular weight excluding hydrogens is 527 g/mol. The highest BCUT2D eigenvalue weighted by atomic mass is 35.5. The molecule has 4 rings (SSSR count). The molecule has 0 spiro atoms. The third kappa shape index (κ3) is 6.71. The molecule has 13 nitrogen and oxygen atoms in total. The van der Waals surface area contributed by atoms with Gasteiger partial charge in [-0.2, -0.15) is 9.97 Å². The number of nitrogens with zero attached hydrogens (tertiary/aromatic N) is 4. The number of halogens is 1. The molecule has 3 heterocycles. The minimum atomic E-state index is -4.21. The lowest BCUT2D eigenvalue weighted by molar-refractivity contribution is -0.148. The van der Waals surface area contributed by atoms with Gasteiger partial charge in [0.2, 0.25) is 11.8 Å². The highest BCUT2D eigenvalue weighted by Crippen LogP contribution is 2.46. The molecule has 2 fully saturated rings. The van der Waals surface area contributed by atoms with E-state index >= 15 is 0 Å². The maximum absolute atomic E-state index is 12.6. The van der Waals surface area contributed by atoms with Gasteiger partial charge in [-0.05, 0) is 40.0 Å². The van der Waals surface area contributed by atoms with Crippen LogP contribution < -0.4 is 15.6 Å². The second-order valence-electron chi connectivity index (χ2n) is 9.69. The van der Waals surface area contributed by atoms with Gasteiger partial charge in [0.25, 0.3) is 0 Å². The molecule has 2 aromatic rings. The van der Waals surface area contributed by atoms with Crippen LogP contribution in [0.15, 0.2) is 6.33 Å². The summed E-state index contributed by atoms with van der Waals surface area (Å²) in [5.74, 6) is -0.0718. The van der Waals surface area contributed by atoms with Crippen molar-refractivity contribution >= 4 is 42.4 Å². The number of carbonyl (C=O) groups excluding carboxylic acids is 1. The van der Waals surface area contributed by atoms with Crippen molar-refractivity contribution in [3.8, 4) is 5.88 Å². The summed E-state index contributed by atoms with van der Waals surface area (Å²) in [6, 6.07) is -0.585. The Labute approximate surface area is 220 Å². The van der Waals surface area contributed by atoms with E-state index in [4.69, 9.17) is 36.1 Å². The normalized spacial score (nSPS) is 26.8. The zero-order valence-corrected chi connectivity index (χ0v) is 22.8. The molecule has 37 heavy (non-hydrogen) atoms. The monoisotopic (exact) mass is 560 g/mol. The van der Waals surface area contributed by atoms with Crippen LogP contribution in [0.5, 0.6) is 5.88 Å². The fourth-order valence-electron chi connectivity index (χ4n) is 4.71. The quantitative estimate of drug-likeness (QED) is 0.208. The fourth-order valence-corrected chi connectivity index (χ4v) is 6.11. The largest absolute Gasteiger partial charge is 0.476 e. The lowest BCUT2D eigenvalue weighted by Crippen LogP contribution is -2.31. The van der Waals surface area contributed by atoms with Gasteiger partial charge in [0.15, 0.2) is 17.4 Å². The summed E-state index contributed by atoms with van der Waals surface area (Å²) in [7, 11) is -4.21. The van der Waals surface area contributed by atoms with E-state index in [1.807, 2.05) is 6.92 Å². The zero-order chi connectivity index (χ0) is 26.8. The summed E-state index contributed by atoms with van der Waals surface area (Å²) >= 11 is 6.79. The van der Waals surface area contributed by atoms with Crippen molar-refractivity contribution < 1.29 is 33.0 Å². The molecule has 15 heteroatoms. The van der Waals surface area contributed by atoms with Crippen molar-refractivity contribution in [2.24, 2.45) is 5.92 Å². The average Bonchev–Trinajstić information content (AvgIpc) is 3.55. The predicted molar refractivity (Wildman–Crippen MR) is 135 cm³/mol. The van der Waals surface area contributed by atoms with Gasteiger partial charge in [0.1, 0.15) is 6.61 Å². The summed E-state index contributed by atoms with van der Waals surface area (Å²) in [5.41, 5.74) is 6.66. The Kier molecular flexibility index (Phi) is 8.61. The Hall–Kier alpha value is -2.02. The van der Waals surface area contributed by atoms with Crippen LogP contribution in [0.25, 0.3) is 11.2 Å². The number of alkyl halides is 1. The van der Waals surface area contributed by atoms with E-state index in [0.29, 0.717) is 24.2 Å². The van der Waals surface area contributed by atoms with Gasteiger partial charge in [-0.1, -0.05) is 12.8 Å². The van der Waals surface area contributed by atoms with E-state index in [2.05, 4.69) is 20.0 Å². The number of nitrogen functional groups attached to an aromatic ring is 1. The SMILES string of the molecule is CCOc1nc(N)nc2c1ncn2[C@@H]1O[C@H](COP(=O)(O)N[C@H](C)COC(=O)C2CCCC2)C[C@@]1(C)Cl. The first kappa shape index (κ1) is 28.0. The first-order valence-corrected chi connectivity index (χ1v) is 14.3. The second-order valence-corrected chi connectivity index (χ2v) is 12.1. The number of ether oxygens (including phenoxy) is 3. The molecule has 0 aromatic carbocycles. The summed E-state index contributed by atoms with van der Waals surface area (Å²) in [6.07, 6.45) is 4.23. The fraction of sp³-hybridized carbons (Fsp3) is 0.727. The van der Waals surface area contributed by atoms with Gasteiger partial charge >= 0.3 is 13.7 Å². The molecule has 1 saturated carbocycles. The van der Waals surface area contributed by atoms with Crippen LogP contribution in [0.3, 0.4) is 0 Å². The highest BCUT2D eigenvalue weighted by Gasteiger charge is 2.46. The van der Waals surface area contributed by atoms with E-state index in [-0.39, 0.29) is 36.9 Å². The maximum Gasteiger partial charge on any atom is 0.403 e. The molecule has 1 aliphatic heterocycles. The molecule has 206 valence electrons. The van der Waals surface area contributed by atoms with Crippen LogP contribution in [0.4, 0.5) is 5.95 Å². The molecule has 0 radical (unpaired) electrons. The molecule has 5 atom stereocenters. The molecule has 2 aliphatic rings. The Morgan fingerprint density at radius 1 is 1.43 bits per heavy atom. The zero-order valence-electron chi connectivity index (χ0n) is 21.1. The van der Waals surface area contributed by atoms with Gasteiger partial charge in [-0.3, -0.25) is 13.9 Å². The summed E-state index contributed by atoms with van der Waals surface area (Å²) in [4.78, 5) is 34.2. The topological polar surface area (TPSA) is 173 Å². The van der Waals surface area contributed by atoms with Gasteiger partial charge in [0, 0.05) is 6.04 Å². The second kappa shape index (κ2) is 11.4. The standard InChI is InChI=1S/C22H34ClN6O7P/c1-4-33-18-16-17(26-21(24)27-18)29(12-25-16)20-22(3,23)9-15(36-20)11-35-37(31,32)28-13(2)10-34-19(30)14-7-5-6-8-14/h12-15,20H,4-11H2,1-3H3,(H2,24,26,27)(H2,28,31,32)/t13-,15+,20-,22-/m1/s1. The highest BCUT2D eigenvalue weighted by molar-refractivity contribution is 7.50. The number of esters is 1. The van der Waals surface area contributed by atoms with E-state index in [0.717, 1.165) is 25.7 Å². The summed E-state index contributed by atoms with van der Waals surface area (Å²) in [6.45, 7) is 5.40. The van der Waals surface area contributed by atoms with Crippen LogP contribution in [-0.2, 0) is 23.4 Å². The third-order valence-electron chi connectivity index (χ3n) is 6.39. The number of anilines is 1. The van der Waals surface area contributed by atoms with Crippen molar-refractivity contribution in [1.82, 2.24) is 24.6 Å². The molecule has 1 aliphatic carbocycles. The first-order valence-electron chi connectivity index (χ1n) is 12.4. The Bertz CT molecular complexity index is 1160. The van der Waals surface area contributed by atoms with E-state index in [1.165, 1.54) is 6.33 Å². The number of carbonyl (C=O) groups is 1. The molecule has 4 N–H and O–H groups in total. The summed E-state index contributed by atoms with van der Waals surface area (Å²) < 4.78 is 36.4. The van der Waals surface area contributed by atoms with Crippen molar-refractivity contribution in [2.45, 2.75) is 76.1 Å². The number of rotatable bonds is 11. The number of imidazole rings is 1. The number of aromatic nitrogens is 4. The van der Waals surface area contributed by atoms with Gasteiger partial charge in [-0.15, -0.1) is 11.6 Å². The van der Waals surface area contributed by atoms with Gasteiger partial charge < -0.3 is 24.8 Å². The van der Waals surface area contributed by atoms with Crippen LogP contribution >= 0.6 is 19.3 Å². The summed E-state index contributed by atoms with van der Waals surface area (Å²) in [5, 5.41) is 2.50. The van der Waals surface area contributed by atoms with Crippen LogP contribution in [0, 0.1) is 5.92 Å². The van der Waals surface area contributed by atoms with Gasteiger partial charge in [-0.25, -0.2) is 14.6 Å². The van der Waals surface area contributed by atoms with Crippen molar-refractivity contribution in [2.75, 3.05) is 25.6 Å². The number of nitrogens with one attached hydrogen (secondary N) is 1. The first-order chi connectivity index (χ1) is 17.5. The Morgan fingerprint density at radius 3 is 2.86 bits per heavy atom. The molecule has 2 aromatic heterocycles. The van der Waals surface area contributed by atoms with Gasteiger partial charge in [0.05, 0.1) is 36.4 Å². The van der Waals surface area contributed by atoms with E-state index in [1.54, 1.807) is 18.4 Å². The number of fused-ring (bicyclic) bond motifs is 1. The minimum absolute atomic E-state index is 0.0159. The third-order valence-corrected chi connectivity index (χ3v) is 7.99. The minimum Gasteiger partial charge on any atom is -0.476 e. The number of nitrogens with two attached hydrogens (primary N) is 1. The van der Waals surface area contributed by atoms with Crippen molar-refractivity contribution in [3.63, 3.8) is 0 Å². The molecule has 1 unspecified atom stereocenters. The Morgan fingerprint density at radius 2 is 2.16 bits per heavy atom. The lowest BCUT2D eigenvalue weighted by atomic mass is 10.1. The number of hydrogen-bond donors (Lipinski definition) is 3. The predicted octanol–water partition coefficient (Wildman–Crippen LogP) is 2.92. The molecular formula is C22H34ClN6O7P. The van der Waals surface area contributed by atoms with Crippen LogP contribution in [0.1, 0.15) is 59.1 Å². The molecule has 1 saturated heterocycles. The molecule has 0 amide bonds. The van der Waals surface area contributed by atoms with E-state index in [9.17, 15) is 14.3 Å². The van der Waals surface area contributed by atoms with Crippen molar-refractivity contribution in [3.05, 3.63) is 6.33 Å². The smallest absolute Gasteiger partial charge is 0.403 e. The van der Waals surface area contributed by atoms with Crippen molar-refractivity contribution in [1.29, 1.82) is 0 Å². The van der Waals surface area contributed by atoms with E-state index < -0.39 is 31.0 Å². The average molecular weight is 561 g/mol. The molecule has 0 bridgehead atoms.